The number of nitrogens with zero attached hydrogens (tertiary/aromatic N) is 12. The number of amides is 4. The molecule has 0 bridgehead atoms. The number of rotatable bonds is 12. The monoisotopic (exact) mass is 1410 g/mol. The molecule has 0 radical (unpaired) electrons. The van der Waals surface area contributed by atoms with Crippen molar-refractivity contribution in [2.45, 2.75) is 101 Å². The van der Waals surface area contributed by atoms with Crippen LogP contribution < -0.4 is 19.6 Å². The van der Waals surface area contributed by atoms with Gasteiger partial charge in [0.2, 0.25) is 23.6 Å². The van der Waals surface area contributed by atoms with E-state index >= 15 is 0 Å². The highest BCUT2D eigenvalue weighted by molar-refractivity contribution is 6.01. The van der Waals surface area contributed by atoms with Crippen molar-refractivity contribution in [2.75, 3.05) is 45.8 Å². The Hall–Kier alpha value is -11.9. The molecule has 4 atom stereocenters. The second-order valence-electron chi connectivity index (χ2n) is 27.9. The van der Waals surface area contributed by atoms with Crippen molar-refractivity contribution in [3.05, 3.63) is 333 Å². The molecule has 0 aliphatic carbocycles. The van der Waals surface area contributed by atoms with Crippen molar-refractivity contribution in [1.82, 2.24) is 38.2 Å². The maximum absolute atomic E-state index is 14.6. The number of carbonyl (C=O) groups excluding carboxylic acids is 4. The molecule has 105 heavy (non-hydrogen) atoms. The Labute approximate surface area is 602 Å². The van der Waals surface area contributed by atoms with Crippen LogP contribution in [0.2, 0.25) is 0 Å². The molecular formula is C84H71F5N12O4. The minimum absolute atomic E-state index is 0.0636. The standard InChI is InChI=1S/C21H17F2N3O.3C21H18FN3O/c22-17-3-1-14(11-18(17)23)20(25-8-6-24-12-25)16-9-13-2-4-19(27)26-7-5-15(10-16)21(13)26;22-18-4-1-14(2-5-18)20(24-10-8-23-13-24)17-11-15-3-6-19(26)25-9-7-16(12-17)21(15)25;22-18-3-1-2-14(12-18)20(24-9-7-23-13-24)17-10-15-4-5-19(26)25-8-6-16(11-17)21(15)25;22-18-4-2-1-3-17(18)21(24-10-8-23-13-24)16-11-14-5-6-19(26)25-9-7-15(12-16)20(14)25/h1,3,6,8-12,20H,2,4-5,7H2;1-2,4-5,8,10-13,20H,3,6-7,9H2;1-3,7,9-13,20H,4-6,8H2;1-4,8,10-13,21H,5-7,9H2. The molecule has 526 valence electrons. The largest absolute Gasteiger partial charge is 0.326 e. The van der Waals surface area contributed by atoms with Gasteiger partial charge in [0.1, 0.15) is 17.5 Å². The van der Waals surface area contributed by atoms with Crippen molar-refractivity contribution in [3.63, 3.8) is 0 Å². The number of imidazole rings is 4. The number of halogens is 5. The van der Waals surface area contributed by atoms with E-state index in [0.29, 0.717) is 49.8 Å². The summed E-state index contributed by atoms with van der Waals surface area (Å²) < 4.78 is 77.2. The minimum Gasteiger partial charge on any atom is -0.326 e. The molecule has 4 unspecified atom stereocenters. The van der Waals surface area contributed by atoms with Gasteiger partial charge < -0.3 is 37.9 Å². The van der Waals surface area contributed by atoms with E-state index in [0.717, 1.165) is 138 Å². The molecule has 8 aliphatic heterocycles. The number of benzene rings is 8. The Bertz CT molecular complexity index is 5340. The highest BCUT2D eigenvalue weighted by atomic mass is 19.2. The third kappa shape index (κ3) is 12.6. The second kappa shape index (κ2) is 27.7. The van der Waals surface area contributed by atoms with E-state index in [2.05, 4.69) is 68.5 Å². The van der Waals surface area contributed by atoms with Gasteiger partial charge in [-0.15, -0.1) is 0 Å². The minimum atomic E-state index is -0.864. The van der Waals surface area contributed by atoms with E-state index in [4.69, 9.17) is 0 Å². The third-order valence-electron chi connectivity index (χ3n) is 21.7. The Morgan fingerprint density at radius 1 is 0.276 bits per heavy atom. The van der Waals surface area contributed by atoms with Gasteiger partial charge in [0.15, 0.2) is 11.6 Å². The van der Waals surface area contributed by atoms with Crippen LogP contribution in [0.15, 0.2) is 214 Å². The lowest BCUT2D eigenvalue weighted by Crippen LogP contribution is -2.32. The van der Waals surface area contributed by atoms with Crippen LogP contribution in [0.3, 0.4) is 0 Å². The number of anilines is 4. The summed E-state index contributed by atoms with van der Waals surface area (Å²) in [5, 5.41) is 0. The van der Waals surface area contributed by atoms with E-state index in [9.17, 15) is 41.1 Å². The van der Waals surface area contributed by atoms with Gasteiger partial charge in [-0.05, 0) is 177 Å². The highest BCUT2D eigenvalue weighted by Gasteiger charge is 2.38. The van der Waals surface area contributed by atoms with Crippen LogP contribution in [-0.2, 0) is 70.5 Å². The van der Waals surface area contributed by atoms with Crippen LogP contribution in [0.25, 0.3) is 0 Å². The summed E-state index contributed by atoms with van der Waals surface area (Å²) in [5.74, 6) is -1.59. The normalized spacial score (nSPS) is 16.6. The second-order valence-corrected chi connectivity index (χ2v) is 27.9. The van der Waals surface area contributed by atoms with E-state index < -0.39 is 11.6 Å². The summed E-state index contributed by atoms with van der Waals surface area (Å²) in [6, 6.07) is 40.7. The average Bonchev–Trinajstić information content (AvgIpc) is 1.68. The molecule has 16 nitrogen and oxygen atoms in total. The average molecular weight is 1410 g/mol. The lowest BCUT2D eigenvalue weighted by Gasteiger charge is -2.27. The van der Waals surface area contributed by atoms with E-state index in [1.165, 1.54) is 63.7 Å². The fourth-order valence-corrected chi connectivity index (χ4v) is 17.1. The van der Waals surface area contributed by atoms with E-state index in [1.54, 1.807) is 74.4 Å². The molecular weight excluding hydrogens is 1340 g/mol. The van der Waals surface area contributed by atoms with Crippen LogP contribution >= 0.6 is 0 Å². The lowest BCUT2D eigenvalue weighted by molar-refractivity contribution is -0.119. The molecule has 8 aliphatic rings. The van der Waals surface area contributed by atoms with Crippen molar-refractivity contribution in [2.24, 2.45) is 0 Å². The number of aryl methyl sites for hydroxylation is 4. The maximum Gasteiger partial charge on any atom is 0.227 e. The predicted molar refractivity (Wildman–Crippen MR) is 387 cm³/mol. The quantitative estimate of drug-likeness (QED) is 0.110. The third-order valence-corrected chi connectivity index (χ3v) is 21.7. The Balaban J connectivity index is 0.000000103. The van der Waals surface area contributed by atoms with Crippen LogP contribution in [0.5, 0.6) is 0 Å². The molecule has 12 heterocycles. The molecule has 0 saturated carbocycles. The molecule has 12 aromatic rings. The van der Waals surface area contributed by atoms with Gasteiger partial charge in [-0.2, -0.15) is 0 Å². The molecule has 20 rings (SSSR count). The van der Waals surface area contributed by atoms with Crippen LogP contribution in [0.4, 0.5) is 44.7 Å². The molecule has 4 aromatic heterocycles. The highest BCUT2D eigenvalue weighted by Crippen LogP contribution is 2.46. The number of hydrogen-bond donors (Lipinski definition) is 0. The zero-order valence-electron chi connectivity index (χ0n) is 57.2. The topological polar surface area (TPSA) is 153 Å². The molecule has 0 N–H and O–H groups in total. The SMILES string of the molecule is O=C1CCc2cc(C(c3ccc(F)c(F)c3)n3ccnc3)cc3c2N1CC3.O=C1CCc2cc(C(c3ccc(F)cc3)n3ccnc3)cc3c2N1CC3.O=C1CCc2cc(C(c3cccc(F)c3)n3ccnc3)cc3c2N1CC3.O=C1CCc2cc(C(c3ccccc3F)n3ccnc3)cc3c2N1CC3. The van der Waals surface area contributed by atoms with Crippen molar-refractivity contribution in [3.8, 4) is 0 Å². The first-order chi connectivity index (χ1) is 51.2. The first-order valence-electron chi connectivity index (χ1n) is 35.7. The summed E-state index contributed by atoms with van der Waals surface area (Å²) in [7, 11) is 0. The van der Waals surface area contributed by atoms with Crippen LogP contribution in [0.1, 0.15) is 139 Å². The Morgan fingerprint density at radius 3 is 0.981 bits per heavy atom. The molecule has 8 aromatic carbocycles. The van der Waals surface area contributed by atoms with Gasteiger partial charge >= 0.3 is 0 Å². The zero-order chi connectivity index (χ0) is 71.6. The summed E-state index contributed by atoms with van der Waals surface area (Å²) in [6.07, 6.45) is 30.0. The molecule has 21 heteroatoms. The van der Waals surface area contributed by atoms with Crippen LogP contribution in [-0.4, -0.2) is 88.0 Å². The summed E-state index contributed by atoms with van der Waals surface area (Å²) in [4.78, 5) is 72.9. The maximum atomic E-state index is 14.6. The van der Waals surface area contributed by atoms with Gasteiger partial charge in [0.05, 0.1) is 72.2 Å². The fourth-order valence-electron chi connectivity index (χ4n) is 17.1. The number of carbonyl (C=O) groups is 4. The van der Waals surface area contributed by atoms with E-state index in [1.807, 2.05) is 93.0 Å². The summed E-state index contributed by atoms with van der Waals surface area (Å²) in [6.45, 7) is 3.00. The van der Waals surface area contributed by atoms with Crippen molar-refractivity contribution >= 4 is 46.4 Å². The number of hydrogen-bond acceptors (Lipinski definition) is 8. The molecule has 4 amide bonds. The summed E-state index contributed by atoms with van der Waals surface area (Å²) in [5.41, 5.74) is 21.4. The number of aromatic nitrogens is 8. The van der Waals surface area contributed by atoms with Gasteiger partial charge in [0, 0.05) is 107 Å². The van der Waals surface area contributed by atoms with E-state index in [-0.39, 0.29) is 65.2 Å². The molecule has 0 saturated heterocycles. The Morgan fingerprint density at radius 2 is 0.619 bits per heavy atom. The van der Waals surface area contributed by atoms with Crippen molar-refractivity contribution in [1.29, 1.82) is 0 Å². The van der Waals surface area contributed by atoms with Gasteiger partial charge in [-0.25, -0.2) is 41.9 Å². The van der Waals surface area contributed by atoms with Crippen LogP contribution in [0, 0.1) is 29.1 Å². The smallest absolute Gasteiger partial charge is 0.227 e. The first kappa shape index (κ1) is 66.4. The lowest BCUT2D eigenvalue weighted by atomic mass is 9.91. The zero-order valence-corrected chi connectivity index (χ0v) is 57.2. The summed E-state index contributed by atoms with van der Waals surface area (Å²) >= 11 is 0. The Kier molecular flexibility index (Phi) is 17.5. The first-order valence-corrected chi connectivity index (χ1v) is 35.7. The van der Waals surface area contributed by atoms with Gasteiger partial charge in [-0.1, -0.05) is 97.1 Å². The fraction of sp³-hybridized carbons (Fsp3) is 0.238. The predicted octanol–water partition coefficient (Wildman–Crippen LogP) is 14.1. The molecule has 0 fully saturated rings. The molecule has 0 spiro atoms. The van der Waals surface area contributed by atoms with Crippen molar-refractivity contribution < 1.29 is 41.1 Å². The van der Waals surface area contributed by atoms with Gasteiger partial charge in [-0.3, -0.25) is 19.2 Å². The van der Waals surface area contributed by atoms with Gasteiger partial charge in [0.25, 0.3) is 0 Å².